The fourth-order valence-electron chi connectivity index (χ4n) is 1.64. The molecule has 0 amide bonds. The van der Waals surface area contributed by atoms with Crippen molar-refractivity contribution in [2.24, 2.45) is 5.73 Å². The number of oxazole rings is 1. The average molecular weight is 232 g/mol. The van der Waals surface area contributed by atoms with E-state index in [0.717, 1.165) is 12.0 Å². The minimum absolute atomic E-state index is 0.117. The van der Waals surface area contributed by atoms with Crippen LogP contribution in [0.3, 0.4) is 0 Å². The minimum Gasteiger partial charge on any atom is -0.476 e. The van der Waals surface area contributed by atoms with Gasteiger partial charge in [-0.3, -0.25) is 0 Å². The van der Waals surface area contributed by atoms with Gasteiger partial charge in [-0.1, -0.05) is 30.3 Å². The number of aromatic nitrogens is 1. The van der Waals surface area contributed by atoms with Crippen molar-refractivity contribution in [2.45, 2.75) is 12.5 Å². The van der Waals surface area contributed by atoms with Crippen LogP contribution in [0.4, 0.5) is 0 Å². The van der Waals surface area contributed by atoms with E-state index in [0.29, 0.717) is 6.42 Å². The normalized spacial score (nSPS) is 12.3. The molecule has 0 fully saturated rings. The summed E-state index contributed by atoms with van der Waals surface area (Å²) in [6.45, 7) is 0. The number of benzene rings is 1. The summed E-state index contributed by atoms with van der Waals surface area (Å²) in [4.78, 5) is 14.5. The fourth-order valence-corrected chi connectivity index (χ4v) is 1.64. The highest BCUT2D eigenvalue weighted by Gasteiger charge is 2.21. The first-order chi connectivity index (χ1) is 8.18. The Bertz CT molecular complexity index is 507. The summed E-state index contributed by atoms with van der Waals surface area (Å²) in [5.41, 5.74) is 6.82. The third-order valence-corrected chi connectivity index (χ3v) is 2.43. The van der Waals surface area contributed by atoms with Crippen molar-refractivity contribution in [3.63, 3.8) is 0 Å². The lowest BCUT2D eigenvalue weighted by atomic mass is 10.0. The Morgan fingerprint density at radius 3 is 2.76 bits per heavy atom. The number of carboxylic acids is 1. The average Bonchev–Trinajstić information content (AvgIpc) is 2.79. The highest BCUT2D eigenvalue weighted by Crippen LogP contribution is 2.19. The van der Waals surface area contributed by atoms with Crippen LogP contribution < -0.4 is 5.73 Å². The Morgan fingerprint density at radius 1 is 1.41 bits per heavy atom. The molecule has 5 nitrogen and oxygen atoms in total. The van der Waals surface area contributed by atoms with Gasteiger partial charge in [0.05, 0.1) is 6.04 Å². The van der Waals surface area contributed by atoms with Gasteiger partial charge in [0.2, 0.25) is 0 Å². The smallest absolute Gasteiger partial charge is 0.358 e. The van der Waals surface area contributed by atoms with Crippen LogP contribution in [0.25, 0.3) is 0 Å². The van der Waals surface area contributed by atoms with Crippen LogP contribution in [0, 0.1) is 0 Å². The van der Waals surface area contributed by atoms with Gasteiger partial charge in [-0.2, -0.15) is 0 Å². The van der Waals surface area contributed by atoms with Crippen molar-refractivity contribution in [1.29, 1.82) is 0 Å². The number of hydrogen-bond acceptors (Lipinski definition) is 4. The second-order valence-electron chi connectivity index (χ2n) is 3.67. The zero-order valence-electron chi connectivity index (χ0n) is 9.04. The van der Waals surface area contributed by atoms with Gasteiger partial charge >= 0.3 is 5.97 Å². The largest absolute Gasteiger partial charge is 0.476 e. The lowest BCUT2D eigenvalue weighted by Crippen LogP contribution is -2.16. The molecule has 1 atom stereocenters. The zero-order valence-corrected chi connectivity index (χ0v) is 9.04. The van der Waals surface area contributed by atoms with Crippen molar-refractivity contribution in [2.75, 3.05) is 0 Å². The second kappa shape index (κ2) is 4.80. The van der Waals surface area contributed by atoms with Crippen LogP contribution in [-0.4, -0.2) is 16.1 Å². The standard InChI is InChI=1S/C12H12N2O3/c13-9(6-8-4-2-1-3-5-8)11-10(12(15)16)14-7-17-11/h1-5,7,9H,6,13H2,(H,15,16)/t9-/m1/s1. The van der Waals surface area contributed by atoms with Gasteiger partial charge in [-0.25, -0.2) is 9.78 Å². The molecule has 0 radical (unpaired) electrons. The molecular formula is C12H12N2O3. The number of carboxylic acid groups (broad SMARTS) is 1. The Kier molecular flexibility index (Phi) is 3.20. The SMILES string of the molecule is N[C@H](Cc1ccccc1)c1ocnc1C(=O)O. The highest BCUT2D eigenvalue weighted by molar-refractivity contribution is 5.86. The number of aromatic carboxylic acids is 1. The van der Waals surface area contributed by atoms with Gasteiger partial charge in [0.25, 0.3) is 0 Å². The van der Waals surface area contributed by atoms with Crippen LogP contribution in [0.15, 0.2) is 41.1 Å². The first-order valence-electron chi connectivity index (χ1n) is 5.14. The molecule has 0 saturated heterocycles. The molecular weight excluding hydrogens is 220 g/mol. The van der Waals surface area contributed by atoms with Crippen LogP contribution in [-0.2, 0) is 6.42 Å². The van der Waals surface area contributed by atoms with Crippen LogP contribution in [0.1, 0.15) is 27.9 Å². The van der Waals surface area contributed by atoms with Crippen LogP contribution >= 0.6 is 0 Å². The second-order valence-corrected chi connectivity index (χ2v) is 3.67. The predicted molar refractivity (Wildman–Crippen MR) is 60.5 cm³/mol. The summed E-state index contributed by atoms with van der Waals surface area (Å²) in [6, 6.07) is 9.06. The van der Waals surface area contributed by atoms with Gasteiger partial charge in [-0.05, 0) is 12.0 Å². The number of carbonyl (C=O) groups is 1. The van der Waals surface area contributed by atoms with Crippen LogP contribution in [0.5, 0.6) is 0 Å². The number of nitrogens with zero attached hydrogens (tertiary/aromatic N) is 1. The molecule has 0 aliphatic rings. The topological polar surface area (TPSA) is 89.4 Å². The molecule has 0 aliphatic heterocycles. The molecule has 0 spiro atoms. The zero-order chi connectivity index (χ0) is 12.3. The Morgan fingerprint density at radius 2 is 2.12 bits per heavy atom. The van der Waals surface area contributed by atoms with E-state index in [-0.39, 0.29) is 11.5 Å². The molecule has 1 heterocycles. The molecule has 88 valence electrons. The molecule has 3 N–H and O–H groups in total. The van der Waals surface area contributed by atoms with E-state index in [1.807, 2.05) is 30.3 Å². The summed E-state index contributed by atoms with van der Waals surface area (Å²) in [5.74, 6) is -0.918. The Hall–Kier alpha value is -2.14. The van der Waals surface area contributed by atoms with Crippen molar-refractivity contribution in [3.8, 4) is 0 Å². The maximum atomic E-state index is 10.9. The summed E-state index contributed by atoms with van der Waals surface area (Å²) in [7, 11) is 0. The predicted octanol–water partition coefficient (Wildman–Crippen LogP) is 1.62. The molecule has 0 unspecified atom stereocenters. The van der Waals surface area contributed by atoms with E-state index in [9.17, 15) is 4.79 Å². The molecule has 0 saturated carbocycles. The molecule has 1 aromatic carbocycles. The summed E-state index contributed by atoms with van der Waals surface area (Å²) in [5, 5.41) is 8.89. The van der Waals surface area contributed by atoms with Crippen LogP contribution in [0.2, 0.25) is 0 Å². The first kappa shape index (κ1) is 11.3. The quantitative estimate of drug-likeness (QED) is 0.835. The Balaban J connectivity index is 2.17. The van der Waals surface area contributed by atoms with E-state index in [2.05, 4.69) is 4.98 Å². The molecule has 2 rings (SSSR count). The number of hydrogen-bond donors (Lipinski definition) is 2. The van der Waals surface area contributed by atoms with E-state index in [1.165, 1.54) is 0 Å². The molecule has 1 aromatic heterocycles. The van der Waals surface area contributed by atoms with E-state index in [4.69, 9.17) is 15.3 Å². The highest BCUT2D eigenvalue weighted by atomic mass is 16.4. The molecule has 17 heavy (non-hydrogen) atoms. The van der Waals surface area contributed by atoms with E-state index >= 15 is 0 Å². The summed E-state index contributed by atoms with van der Waals surface area (Å²) < 4.78 is 5.04. The number of rotatable bonds is 4. The fraction of sp³-hybridized carbons (Fsp3) is 0.167. The third kappa shape index (κ3) is 2.51. The van der Waals surface area contributed by atoms with Crippen molar-refractivity contribution in [1.82, 2.24) is 4.98 Å². The Labute approximate surface area is 97.9 Å². The van der Waals surface area contributed by atoms with Crippen molar-refractivity contribution in [3.05, 3.63) is 53.7 Å². The molecule has 0 bridgehead atoms. The monoisotopic (exact) mass is 232 g/mol. The van der Waals surface area contributed by atoms with Gasteiger partial charge in [0, 0.05) is 0 Å². The van der Waals surface area contributed by atoms with Crippen molar-refractivity contribution < 1.29 is 14.3 Å². The first-order valence-corrected chi connectivity index (χ1v) is 5.14. The summed E-state index contributed by atoms with van der Waals surface area (Å²) in [6.07, 6.45) is 1.61. The maximum Gasteiger partial charge on any atom is 0.358 e. The third-order valence-electron chi connectivity index (χ3n) is 2.43. The summed E-state index contributed by atoms with van der Waals surface area (Å²) >= 11 is 0. The van der Waals surface area contributed by atoms with Gasteiger partial charge in [0.1, 0.15) is 0 Å². The maximum absolute atomic E-state index is 10.9. The van der Waals surface area contributed by atoms with Gasteiger partial charge < -0.3 is 15.3 Å². The molecule has 0 aliphatic carbocycles. The molecule has 2 aromatic rings. The minimum atomic E-state index is -1.13. The number of nitrogens with two attached hydrogens (primary N) is 1. The molecule has 5 heteroatoms. The van der Waals surface area contributed by atoms with Crippen molar-refractivity contribution >= 4 is 5.97 Å². The van der Waals surface area contributed by atoms with E-state index in [1.54, 1.807) is 0 Å². The van der Waals surface area contributed by atoms with Gasteiger partial charge in [-0.15, -0.1) is 0 Å². The lowest BCUT2D eigenvalue weighted by Gasteiger charge is -2.08. The van der Waals surface area contributed by atoms with Gasteiger partial charge in [0.15, 0.2) is 17.8 Å². The van der Waals surface area contributed by atoms with E-state index < -0.39 is 12.0 Å². The lowest BCUT2D eigenvalue weighted by molar-refractivity contribution is 0.0688.